The Balaban J connectivity index is 1.94. The van der Waals surface area contributed by atoms with E-state index in [0.717, 1.165) is 22.3 Å². The highest BCUT2D eigenvalue weighted by molar-refractivity contribution is 5.81. The van der Waals surface area contributed by atoms with Gasteiger partial charge in [-0.05, 0) is 36.2 Å². The highest BCUT2D eigenvalue weighted by atomic mass is 16.5. The molecular formula is C24H23N3O2. The zero-order valence-electron chi connectivity index (χ0n) is 16.6. The number of aromatic nitrogens is 2. The number of methoxy groups -OCH3 is 1. The Hall–Kier alpha value is -3.44. The number of aryl methyl sites for hydroxylation is 1. The van der Waals surface area contributed by atoms with Crippen LogP contribution < -0.4 is 16.0 Å². The van der Waals surface area contributed by atoms with E-state index >= 15 is 0 Å². The van der Waals surface area contributed by atoms with Crippen molar-refractivity contribution in [1.29, 1.82) is 0 Å². The standard InChI is InChI=1S/C24H23N3O2/c1-16-6-8-19(9-7-16)23-26-22-11-10-20(29-2)13-21(22)24(28)27(23)15-18-5-3-4-17(12-18)14-25/h3-13H,14-15,25H2,1-2H3. The Labute approximate surface area is 169 Å². The van der Waals surface area contributed by atoms with Gasteiger partial charge in [0.15, 0.2) is 0 Å². The lowest BCUT2D eigenvalue weighted by atomic mass is 10.1. The zero-order chi connectivity index (χ0) is 20.4. The first-order valence-electron chi connectivity index (χ1n) is 9.52. The van der Waals surface area contributed by atoms with Crippen LogP contribution in [0, 0.1) is 6.92 Å². The van der Waals surface area contributed by atoms with Gasteiger partial charge in [0.1, 0.15) is 11.6 Å². The minimum absolute atomic E-state index is 0.0948. The predicted molar refractivity (Wildman–Crippen MR) is 116 cm³/mol. The van der Waals surface area contributed by atoms with Gasteiger partial charge < -0.3 is 10.5 Å². The van der Waals surface area contributed by atoms with Gasteiger partial charge in [0.2, 0.25) is 0 Å². The molecule has 0 aliphatic heterocycles. The first-order valence-corrected chi connectivity index (χ1v) is 9.52. The highest BCUT2D eigenvalue weighted by Gasteiger charge is 2.14. The Morgan fingerprint density at radius 1 is 1.00 bits per heavy atom. The topological polar surface area (TPSA) is 70.1 Å². The molecule has 0 bridgehead atoms. The number of hydrogen-bond acceptors (Lipinski definition) is 4. The quantitative estimate of drug-likeness (QED) is 0.566. The zero-order valence-corrected chi connectivity index (χ0v) is 16.6. The summed E-state index contributed by atoms with van der Waals surface area (Å²) in [5, 5.41) is 0.537. The summed E-state index contributed by atoms with van der Waals surface area (Å²) in [7, 11) is 1.59. The van der Waals surface area contributed by atoms with E-state index < -0.39 is 0 Å². The first-order chi connectivity index (χ1) is 14.1. The second kappa shape index (κ2) is 7.89. The molecule has 4 aromatic rings. The van der Waals surface area contributed by atoms with Gasteiger partial charge in [-0.3, -0.25) is 9.36 Å². The summed E-state index contributed by atoms with van der Waals surface area (Å²) in [5.41, 5.74) is 10.4. The predicted octanol–water partition coefficient (Wildman–Crippen LogP) is 3.89. The van der Waals surface area contributed by atoms with Crippen molar-refractivity contribution in [3.05, 3.63) is 93.8 Å². The number of hydrogen-bond donors (Lipinski definition) is 1. The minimum atomic E-state index is -0.0948. The van der Waals surface area contributed by atoms with Gasteiger partial charge in [0.25, 0.3) is 5.56 Å². The van der Waals surface area contributed by atoms with E-state index in [1.54, 1.807) is 17.7 Å². The lowest BCUT2D eigenvalue weighted by Gasteiger charge is -2.15. The fraction of sp³-hybridized carbons (Fsp3) is 0.167. The summed E-state index contributed by atoms with van der Waals surface area (Å²) in [6.45, 7) is 2.91. The summed E-state index contributed by atoms with van der Waals surface area (Å²) >= 11 is 0. The average Bonchev–Trinajstić information content (AvgIpc) is 2.76. The molecule has 0 amide bonds. The Morgan fingerprint density at radius 3 is 2.48 bits per heavy atom. The molecule has 0 radical (unpaired) electrons. The second-order valence-corrected chi connectivity index (χ2v) is 7.10. The molecule has 0 saturated carbocycles. The molecule has 0 fully saturated rings. The number of ether oxygens (including phenoxy) is 1. The monoisotopic (exact) mass is 385 g/mol. The molecular weight excluding hydrogens is 362 g/mol. The van der Waals surface area contributed by atoms with Gasteiger partial charge in [0, 0.05) is 12.1 Å². The van der Waals surface area contributed by atoms with Crippen LogP contribution in [0.3, 0.4) is 0 Å². The van der Waals surface area contributed by atoms with E-state index in [-0.39, 0.29) is 5.56 Å². The molecule has 0 unspecified atom stereocenters. The van der Waals surface area contributed by atoms with Crippen LogP contribution in [-0.2, 0) is 13.1 Å². The Kier molecular flexibility index (Phi) is 5.14. The number of rotatable bonds is 5. The molecule has 5 heteroatoms. The van der Waals surface area contributed by atoms with Crippen LogP contribution >= 0.6 is 0 Å². The molecule has 0 aliphatic carbocycles. The van der Waals surface area contributed by atoms with E-state index in [0.29, 0.717) is 35.6 Å². The van der Waals surface area contributed by atoms with E-state index in [1.165, 1.54) is 0 Å². The minimum Gasteiger partial charge on any atom is -0.497 e. The molecule has 1 heterocycles. The van der Waals surface area contributed by atoms with E-state index in [1.807, 2.05) is 67.6 Å². The van der Waals surface area contributed by atoms with Gasteiger partial charge >= 0.3 is 0 Å². The van der Waals surface area contributed by atoms with Crippen LogP contribution in [0.1, 0.15) is 16.7 Å². The van der Waals surface area contributed by atoms with Crippen LogP contribution in [-0.4, -0.2) is 16.7 Å². The molecule has 0 saturated heterocycles. The molecule has 3 aromatic carbocycles. The molecule has 4 rings (SSSR count). The normalized spacial score (nSPS) is 11.0. The molecule has 29 heavy (non-hydrogen) atoms. The maximum atomic E-state index is 13.5. The lowest BCUT2D eigenvalue weighted by Crippen LogP contribution is -2.24. The highest BCUT2D eigenvalue weighted by Crippen LogP contribution is 2.23. The molecule has 2 N–H and O–H groups in total. The maximum absolute atomic E-state index is 13.5. The van der Waals surface area contributed by atoms with Crippen molar-refractivity contribution in [3.63, 3.8) is 0 Å². The Bertz CT molecular complexity index is 1230. The largest absolute Gasteiger partial charge is 0.497 e. The molecule has 0 atom stereocenters. The van der Waals surface area contributed by atoms with Crippen molar-refractivity contribution in [2.75, 3.05) is 7.11 Å². The van der Waals surface area contributed by atoms with Gasteiger partial charge in [-0.1, -0.05) is 54.1 Å². The summed E-state index contributed by atoms with van der Waals surface area (Å²) < 4.78 is 7.03. The Morgan fingerprint density at radius 2 is 1.76 bits per heavy atom. The summed E-state index contributed by atoms with van der Waals surface area (Å²) in [5.74, 6) is 1.28. The third-order valence-corrected chi connectivity index (χ3v) is 5.04. The molecule has 0 spiro atoms. The van der Waals surface area contributed by atoms with E-state index in [4.69, 9.17) is 15.5 Å². The summed E-state index contributed by atoms with van der Waals surface area (Å²) in [4.78, 5) is 18.3. The van der Waals surface area contributed by atoms with Crippen LogP contribution in [0.15, 0.2) is 71.5 Å². The second-order valence-electron chi connectivity index (χ2n) is 7.10. The summed E-state index contributed by atoms with van der Waals surface area (Å²) in [6.07, 6.45) is 0. The van der Waals surface area contributed by atoms with E-state index in [2.05, 4.69) is 0 Å². The van der Waals surface area contributed by atoms with Gasteiger partial charge in [-0.25, -0.2) is 4.98 Å². The third-order valence-electron chi connectivity index (χ3n) is 5.04. The van der Waals surface area contributed by atoms with Crippen LogP contribution in [0.2, 0.25) is 0 Å². The lowest BCUT2D eigenvalue weighted by molar-refractivity contribution is 0.415. The fourth-order valence-corrected chi connectivity index (χ4v) is 3.43. The van der Waals surface area contributed by atoms with Crippen molar-refractivity contribution in [2.45, 2.75) is 20.0 Å². The number of nitrogens with two attached hydrogens (primary N) is 1. The van der Waals surface area contributed by atoms with Gasteiger partial charge in [-0.15, -0.1) is 0 Å². The van der Waals surface area contributed by atoms with Crippen molar-refractivity contribution in [1.82, 2.24) is 9.55 Å². The SMILES string of the molecule is COc1ccc2nc(-c3ccc(C)cc3)n(Cc3cccc(CN)c3)c(=O)c2c1. The van der Waals surface area contributed by atoms with Crippen LogP contribution in [0.25, 0.3) is 22.3 Å². The van der Waals surface area contributed by atoms with Crippen molar-refractivity contribution in [3.8, 4) is 17.1 Å². The van der Waals surface area contributed by atoms with Crippen LogP contribution in [0.5, 0.6) is 5.75 Å². The first kappa shape index (κ1) is 18.9. The van der Waals surface area contributed by atoms with E-state index in [9.17, 15) is 4.79 Å². The van der Waals surface area contributed by atoms with Gasteiger partial charge in [0.05, 0.1) is 24.6 Å². The van der Waals surface area contributed by atoms with Crippen molar-refractivity contribution in [2.24, 2.45) is 5.73 Å². The number of benzene rings is 3. The maximum Gasteiger partial charge on any atom is 0.262 e. The number of nitrogens with zero attached hydrogens (tertiary/aromatic N) is 2. The average molecular weight is 385 g/mol. The molecule has 5 nitrogen and oxygen atoms in total. The molecule has 1 aromatic heterocycles. The fourth-order valence-electron chi connectivity index (χ4n) is 3.43. The van der Waals surface area contributed by atoms with Gasteiger partial charge in [-0.2, -0.15) is 0 Å². The molecule has 0 aliphatic rings. The smallest absolute Gasteiger partial charge is 0.262 e. The van der Waals surface area contributed by atoms with Crippen molar-refractivity contribution < 1.29 is 4.74 Å². The summed E-state index contributed by atoms with van der Waals surface area (Å²) in [6, 6.07) is 21.4. The molecule has 146 valence electrons. The number of fused-ring (bicyclic) bond motifs is 1. The van der Waals surface area contributed by atoms with Crippen molar-refractivity contribution >= 4 is 10.9 Å². The van der Waals surface area contributed by atoms with Crippen LogP contribution in [0.4, 0.5) is 0 Å². The third kappa shape index (κ3) is 3.77.